The second kappa shape index (κ2) is 4.87. The maximum absolute atomic E-state index is 11.7. The highest BCUT2D eigenvalue weighted by molar-refractivity contribution is 6.04. The van der Waals surface area contributed by atoms with E-state index >= 15 is 0 Å². The number of carboxylic acid groups (broad SMARTS) is 1. The summed E-state index contributed by atoms with van der Waals surface area (Å²) in [6, 6.07) is -1.48. The fourth-order valence-corrected chi connectivity index (χ4v) is 2.00. The van der Waals surface area contributed by atoms with E-state index in [1.54, 1.807) is 0 Å². The Morgan fingerprint density at radius 2 is 2.05 bits per heavy atom. The van der Waals surface area contributed by atoms with E-state index in [4.69, 9.17) is 5.11 Å². The molecule has 8 nitrogen and oxygen atoms in total. The van der Waals surface area contributed by atoms with E-state index in [0.29, 0.717) is 0 Å². The molecule has 8 heteroatoms. The average molecular weight is 269 g/mol. The molecule has 1 aliphatic carbocycles. The minimum absolute atomic E-state index is 0.0471. The van der Waals surface area contributed by atoms with Crippen molar-refractivity contribution in [2.45, 2.75) is 18.9 Å². The first kappa shape index (κ1) is 13.3. The predicted molar refractivity (Wildman–Crippen MR) is 62.0 cm³/mol. The fourth-order valence-electron chi connectivity index (χ4n) is 2.00. The molecule has 2 aliphatic rings. The second-order valence-corrected chi connectivity index (χ2v) is 4.84. The molecule has 0 spiro atoms. The monoisotopic (exact) mass is 269 g/mol. The number of imide groups is 1. The molecule has 0 aromatic rings. The molecule has 0 aromatic heterocycles. The summed E-state index contributed by atoms with van der Waals surface area (Å²) in [7, 11) is 1.46. The predicted octanol–water partition coefficient (Wildman–Crippen LogP) is -1.14. The van der Waals surface area contributed by atoms with Crippen LogP contribution in [0.15, 0.2) is 0 Å². The number of urea groups is 1. The summed E-state index contributed by atoms with van der Waals surface area (Å²) in [6.45, 7) is -0.490. The summed E-state index contributed by atoms with van der Waals surface area (Å²) in [5, 5.41) is 11.3. The number of hydrogen-bond acceptors (Lipinski definition) is 4. The molecule has 0 aromatic carbocycles. The Hall–Kier alpha value is -2.12. The Morgan fingerprint density at radius 3 is 2.47 bits per heavy atom. The molecule has 1 saturated heterocycles. The molecule has 1 unspecified atom stereocenters. The molecule has 1 atom stereocenters. The van der Waals surface area contributed by atoms with Crippen LogP contribution in [-0.2, 0) is 14.4 Å². The van der Waals surface area contributed by atoms with Crippen LogP contribution in [0.3, 0.4) is 0 Å². The molecule has 2 N–H and O–H groups in total. The third-order valence-electron chi connectivity index (χ3n) is 3.21. The number of rotatable bonds is 5. The quantitative estimate of drug-likeness (QED) is 0.613. The molecule has 0 bridgehead atoms. The molecule has 0 radical (unpaired) electrons. The number of carbonyl (C=O) groups excluding carboxylic acids is 3. The van der Waals surface area contributed by atoms with Crippen LogP contribution in [0.25, 0.3) is 0 Å². The Labute approximate surface area is 109 Å². The lowest BCUT2D eigenvalue weighted by atomic mass is 10.2. The van der Waals surface area contributed by atoms with Crippen LogP contribution < -0.4 is 5.32 Å². The van der Waals surface area contributed by atoms with Crippen molar-refractivity contribution in [1.29, 1.82) is 0 Å². The minimum atomic E-state index is -1.09. The lowest BCUT2D eigenvalue weighted by molar-refractivity contribution is -0.142. The van der Waals surface area contributed by atoms with Crippen LogP contribution in [0, 0.1) is 5.92 Å². The van der Waals surface area contributed by atoms with Crippen molar-refractivity contribution in [3.05, 3.63) is 0 Å². The van der Waals surface area contributed by atoms with E-state index in [-0.39, 0.29) is 12.5 Å². The molecule has 1 saturated carbocycles. The van der Waals surface area contributed by atoms with Gasteiger partial charge >= 0.3 is 12.0 Å². The van der Waals surface area contributed by atoms with Gasteiger partial charge in [0.25, 0.3) is 5.91 Å². The number of aliphatic carboxylic acids is 1. The molecule has 1 heterocycles. The van der Waals surface area contributed by atoms with Crippen LogP contribution in [0.5, 0.6) is 0 Å². The van der Waals surface area contributed by atoms with Gasteiger partial charge in [-0.25, -0.2) is 9.59 Å². The Balaban J connectivity index is 1.92. The van der Waals surface area contributed by atoms with Crippen molar-refractivity contribution in [2.24, 2.45) is 5.92 Å². The number of nitrogens with one attached hydrogen (secondary N) is 1. The number of likely N-dealkylation sites (N-methyl/N-ethyl adjacent to an activating group) is 1. The standard InChI is InChI=1S/C11H15N3O5/c1-13-5-8(16)14(11(13)19)4-7(15)12-9(10(17)18)6-2-3-6/h6,9H,2-5H2,1H3,(H,12,15)(H,17,18). The number of hydrogen-bond donors (Lipinski definition) is 2. The number of carboxylic acids is 1. The summed E-state index contributed by atoms with van der Waals surface area (Å²) in [5.74, 6) is -2.22. The van der Waals surface area contributed by atoms with E-state index in [1.165, 1.54) is 11.9 Å². The first-order valence-corrected chi connectivity index (χ1v) is 5.97. The number of nitrogens with zero attached hydrogens (tertiary/aromatic N) is 2. The number of carbonyl (C=O) groups is 4. The zero-order valence-corrected chi connectivity index (χ0v) is 10.5. The highest BCUT2D eigenvalue weighted by Crippen LogP contribution is 2.32. The van der Waals surface area contributed by atoms with Crippen molar-refractivity contribution in [2.75, 3.05) is 20.1 Å². The van der Waals surface area contributed by atoms with Crippen LogP contribution in [0.2, 0.25) is 0 Å². The van der Waals surface area contributed by atoms with E-state index in [9.17, 15) is 19.2 Å². The fraction of sp³-hybridized carbons (Fsp3) is 0.636. The molecular formula is C11H15N3O5. The highest BCUT2D eigenvalue weighted by Gasteiger charge is 2.39. The van der Waals surface area contributed by atoms with Gasteiger partial charge in [-0.15, -0.1) is 0 Å². The van der Waals surface area contributed by atoms with E-state index in [0.717, 1.165) is 17.7 Å². The van der Waals surface area contributed by atoms with Crippen molar-refractivity contribution >= 4 is 23.8 Å². The van der Waals surface area contributed by atoms with Gasteiger partial charge in [0.1, 0.15) is 19.1 Å². The molecule has 2 fully saturated rings. The van der Waals surface area contributed by atoms with Gasteiger partial charge in [-0.3, -0.25) is 14.5 Å². The molecule has 1 aliphatic heterocycles. The Morgan fingerprint density at radius 1 is 1.42 bits per heavy atom. The van der Waals surface area contributed by atoms with Crippen LogP contribution in [0.1, 0.15) is 12.8 Å². The molecule has 2 rings (SSSR count). The van der Waals surface area contributed by atoms with Gasteiger partial charge in [-0.05, 0) is 18.8 Å². The maximum Gasteiger partial charge on any atom is 0.327 e. The van der Waals surface area contributed by atoms with Crippen LogP contribution in [-0.4, -0.2) is 64.9 Å². The van der Waals surface area contributed by atoms with Crippen LogP contribution >= 0.6 is 0 Å². The van der Waals surface area contributed by atoms with E-state index < -0.39 is 36.4 Å². The van der Waals surface area contributed by atoms with Gasteiger partial charge in [0.05, 0.1) is 0 Å². The largest absolute Gasteiger partial charge is 0.480 e. The van der Waals surface area contributed by atoms with E-state index in [1.807, 2.05) is 0 Å². The highest BCUT2D eigenvalue weighted by atomic mass is 16.4. The van der Waals surface area contributed by atoms with Gasteiger partial charge in [-0.1, -0.05) is 0 Å². The van der Waals surface area contributed by atoms with Gasteiger partial charge < -0.3 is 15.3 Å². The van der Waals surface area contributed by atoms with E-state index in [2.05, 4.69) is 5.32 Å². The summed E-state index contributed by atoms with van der Waals surface area (Å²) >= 11 is 0. The lowest BCUT2D eigenvalue weighted by Gasteiger charge is -2.17. The van der Waals surface area contributed by atoms with Crippen molar-refractivity contribution in [3.63, 3.8) is 0 Å². The van der Waals surface area contributed by atoms with Gasteiger partial charge in [0.15, 0.2) is 0 Å². The Kier molecular flexibility index (Phi) is 3.41. The minimum Gasteiger partial charge on any atom is -0.480 e. The molecular weight excluding hydrogens is 254 g/mol. The topological polar surface area (TPSA) is 107 Å². The van der Waals surface area contributed by atoms with Gasteiger partial charge in [0, 0.05) is 7.05 Å². The second-order valence-electron chi connectivity index (χ2n) is 4.84. The first-order valence-electron chi connectivity index (χ1n) is 5.97. The normalized spacial score (nSPS) is 20.7. The molecule has 4 amide bonds. The summed E-state index contributed by atoms with van der Waals surface area (Å²) < 4.78 is 0. The van der Waals surface area contributed by atoms with Crippen molar-refractivity contribution in [1.82, 2.24) is 15.1 Å². The molecule has 19 heavy (non-hydrogen) atoms. The maximum atomic E-state index is 11.7. The SMILES string of the molecule is CN1CC(=O)N(CC(=O)NC(C(=O)O)C2CC2)C1=O. The Bertz CT molecular complexity index is 446. The zero-order valence-electron chi connectivity index (χ0n) is 10.5. The first-order chi connectivity index (χ1) is 8.90. The smallest absolute Gasteiger partial charge is 0.327 e. The third-order valence-corrected chi connectivity index (χ3v) is 3.21. The third kappa shape index (κ3) is 2.83. The van der Waals surface area contributed by atoms with Crippen molar-refractivity contribution in [3.8, 4) is 0 Å². The number of amides is 4. The summed E-state index contributed by atoms with van der Waals surface area (Å²) in [4.78, 5) is 47.7. The van der Waals surface area contributed by atoms with Crippen molar-refractivity contribution < 1.29 is 24.3 Å². The average Bonchev–Trinajstić information content (AvgIpc) is 3.12. The zero-order chi connectivity index (χ0) is 14.2. The van der Waals surface area contributed by atoms with Gasteiger partial charge in [-0.2, -0.15) is 0 Å². The molecule has 104 valence electrons. The van der Waals surface area contributed by atoms with Crippen LogP contribution in [0.4, 0.5) is 4.79 Å². The van der Waals surface area contributed by atoms with Gasteiger partial charge in [0.2, 0.25) is 5.91 Å². The summed E-state index contributed by atoms with van der Waals surface area (Å²) in [5.41, 5.74) is 0. The lowest BCUT2D eigenvalue weighted by Crippen LogP contribution is -2.48. The summed E-state index contributed by atoms with van der Waals surface area (Å²) in [6.07, 6.45) is 1.53.